The Hall–Kier alpha value is -2.52. The molecule has 2 aromatic heterocycles. The third kappa shape index (κ3) is 4.46. The molecular weight excluding hydrogens is 418 g/mol. The first-order chi connectivity index (χ1) is 14.7. The Morgan fingerprint density at radius 1 is 1.17 bits per heavy atom. The fraction of sp³-hybridized carbons (Fsp3) is 0.381. The van der Waals surface area contributed by atoms with Gasteiger partial charge >= 0.3 is 0 Å². The van der Waals surface area contributed by atoms with E-state index in [4.69, 9.17) is 4.74 Å². The third-order valence-corrected chi connectivity index (χ3v) is 6.97. The highest BCUT2D eigenvalue weighted by molar-refractivity contribution is 7.99. The highest BCUT2D eigenvalue weighted by Crippen LogP contribution is 2.27. The van der Waals surface area contributed by atoms with Crippen molar-refractivity contribution in [3.05, 3.63) is 41.8 Å². The van der Waals surface area contributed by atoms with Gasteiger partial charge in [0.05, 0.1) is 17.7 Å². The zero-order valence-electron chi connectivity index (χ0n) is 17.2. The Morgan fingerprint density at radius 3 is 2.70 bits per heavy atom. The van der Waals surface area contributed by atoms with Crippen molar-refractivity contribution in [1.82, 2.24) is 19.7 Å². The molecule has 1 amide bonds. The highest BCUT2D eigenvalue weighted by atomic mass is 32.2. The molecular formula is C21H25N5O2S2. The van der Waals surface area contributed by atoms with E-state index in [0.29, 0.717) is 5.75 Å². The standard InChI is InChI=1S/C21H25N5O2S2/c1-3-26-20(18-8-5-13-29-18)22-23-21(26)30-15-19(27)25-11-9-24(10-12-25)16-6-4-7-17(14-16)28-2/h4-8,13-14H,3,9-12,15H2,1-2H3. The number of methoxy groups -OCH3 is 1. The lowest BCUT2D eigenvalue weighted by Gasteiger charge is -2.36. The van der Waals surface area contributed by atoms with Crippen molar-refractivity contribution in [2.75, 3.05) is 43.9 Å². The number of anilines is 1. The van der Waals surface area contributed by atoms with E-state index in [1.807, 2.05) is 40.6 Å². The molecule has 7 nitrogen and oxygen atoms in total. The van der Waals surface area contributed by atoms with Crippen LogP contribution in [0.15, 0.2) is 46.9 Å². The number of hydrogen-bond acceptors (Lipinski definition) is 7. The molecule has 1 aliphatic heterocycles. The summed E-state index contributed by atoms with van der Waals surface area (Å²) in [5.74, 6) is 2.24. The molecule has 0 saturated carbocycles. The second kappa shape index (κ2) is 9.53. The lowest BCUT2D eigenvalue weighted by molar-refractivity contribution is -0.128. The van der Waals surface area contributed by atoms with Crippen molar-refractivity contribution in [3.8, 4) is 16.5 Å². The first-order valence-electron chi connectivity index (χ1n) is 9.96. The van der Waals surface area contributed by atoms with Crippen LogP contribution in [0.1, 0.15) is 6.92 Å². The summed E-state index contributed by atoms with van der Waals surface area (Å²) in [6, 6.07) is 12.1. The first kappa shape index (κ1) is 20.7. The number of hydrogen-bond donors (Lipinski definition) is 0. The summed E-state index contributed by atoms with van der Waals surface area (Å²) in [5, 5.41) is 11.5. The van der Waals surface area contributed by atoms with Gasteiger partial charge < -0.3 is 19.1 Å². The molecule has 158 valence electrons. The maximum absolute atomic E-state index is 12.8. The molecule has 0 radical (unpaired) electrons. The summed E-state index contributed by atoms with van der Waals surface area (Å²) in [7, 11) is 1.68. The second-order valence-electron chi connectivity index (χ2n) is 6.89. The van der Waals surface area contributed by atoms with Crippen molar-refractivity contribution in [1.29, 1.82) is 0 Å². The van der Waals surface area contributed by atoms with Gasteiger partial charge in [0.2, 0.25) is 5.91 Å². The van der Waals surface area contributed by atoms with Crippen LogP contribution in [0.4, 0.5) is 5.69 Å². The van der Waals surface area contributed by atoms with Gasteiger partial charge in [-0.15, -0.1) is 21.5 Å². The summed E-state index contributed by atoms with van der Waals surface area (Å²) in [4.78, 5) is 18.1. The molecule has 0 bridgehead atoms. The lowest BCUT2D eigenvalue weighted by Crippen LogP contribution is -2.49. The van der Waals surface area contributed by atoms with Gasteiger partial charge in [-0.1, -0.05) is 23.9 Å². The van der Waals surface area contributed by atoms with Crippen LogP contribution in [0.2, 0.25) is 0 Å². The molecule has 1 aliphatic rings. The molecule has 9 heteroatoms. The van der Waals surface area contributed by atoms with Crippen LogP contribution < -0.4 is 9.64 Å². The SMILES string of the molecule is CCn1c(SCC(=O)N2CCN(c3cccc(OC)c3)CC2)nnc1-c1cccs1. The fourth-order valence-corrected chi connectivity index (χ4v) is 5.13. The van der Waals surface area contributed by atoms with Crippen molar-refractivity contribution in [3.63, 3.8) is 0 Å². The summed E-state index contributed by atoms with van der Waals surface area (Å²) in [6.45, 7) is 5.92. The number of piperazine rings is 1. The summed E-state index contributed by atoms with van der Waals surface area (Å²) in [5.41, 5.74) is 1.13. The molecule has 0 unspecified atom stereocenters. The number of amides is 1. The normalized spacial score (nSPS) is 14.2. The van der Waals surface area contributed by atoms with Crippen LogP contribution >= 0.6 is 23.1 Å². The van der Waals surface area contributed by atoms with Gasteiger partial charge in [0.15, 0.2) is 11.0 Å². The molecule has 0 N–H and O–H groups in total. The molecule has 0 atom stereocenters. The molecule has 1 aromatic carbocycles. The Morgan fingerprint density at radius 2 is 2.00 bits per heavy atom. The van der Waals surface area contributed by atoms with Gasteiger partial charge in [-0.2, -0.15) is 0 Å². The predicted octanol–water partition coefficient (Wildman–Crippen LogP) is 3.48. The molecule has 0 aliphatic carbocycles. The van der Waals surface area contributed by atoms with Crippen LogP contribution in [-0.4, -0.2) is 64.6 Å². The number of benzene rings is 1. The molecule has 1 saturated heterocycles. The van der Waals surface area contributed by atoms with Crippen molar-refractivity contribution >= 4 is 34.7 Å². The van der Waals surface area contributed by atoms with Crippen LogP contribution in [0.3, 0.4) is 0 Å². The first-order valence-corrected chi connectivity index (χ1v) is 11.8. The van der Waals surface area contributed by atoms with Crippen LogP contribution in [-0.2, 0) is 11.3 Å². The average molecular weight is 444 g/mol. The number of thiophene rings is 1. The van der Waals surface area contributed by atoms with E-state index >= 15 is 0 Å². The Balaban J connectivity index is 1.32. The maximum atomic E-state index is 12.8. The minimum atomic E-state index is 0.147. The van der Waals surface area contributed by atoms with Crippen molar-refractivity contribution in [2.45, 2.75) is 18.6 Å². The van der Waals surface area contributed by atoms with Gasteiger partial charge in [-0.25, -0.2) is 0 Å². The fourth-order valence-electron chi connectivity index (χ4n) is 3.51. The minimum absolute atomic E-state index is 0.147. The van der Waals surface area contributed by atoms with Gasteiger partial charge in [-0.05, 0) is 30.5 Å². The van der Waals surface area contributed by atoms with E-state index in [0.717, 1.165) is 60.0 Å². The van der Waals surface area contributed by atoms with E-state index in [-0.39, 0.29) is 5.91 Å². The minimum Gasteiger partial charge on any atom is -0.497 e. The zero-order chi connectivity index (χ0) is 20.9. The van der Waals surface area contributed by atoms with E-state index in [9.17, 15) is 4.79 Å². The zero-order valence-corrected chi connectivity index (χ0v) is 18.8. The van der Waals surface area contributed by atoms with E-state index < -0.39 is 0 Å². The number of ether oxygens (including phenoxy) is 1. The number of aromatic nitrogens is 3. The third-order valence-electron chi connectivity index (χ3n) is 5.15. The Kier molecular flexibility index (Phi) is 6.59. The van der Waals surface area contributed by atoms with Gasteiger partial charge in [0.1, 0.15) is 5.75 Å². The van der Waals surface area contributed by atoms with E-state index in [1.165, 1.54) is 11.8 Å². The van der Waals surface area contributed by atoms with Gasteiger partial charge in [0, 0.05) is 44.5 Å². The molecule has 0 spiro atoms. The largest absolute Gasteiger partial charge is 0.497 e. The van der Waals surface area contributed by atoms with Crippen molar-refractivity contribution in [2.24, 2.45) is 0 Å². The Labute approximate surface area is 184 Å². The van der Waals surface area contributed by atoms with E-state index in [2.05, 4.69) is 32.7 Å². The van der Waals surface area contributed by atoms with Gasteiger partial charge in [-0.3, -0.25) is 4.79 Å². The molecule has 3 aromatic rings. The second-order valence-corrected chi connectivity index (χ2v) is 8.78. The molecule has 30 heavy (non-hydrogen) atoms. The topological polar surface area (TPSA) is 63.5 Å². The lowest BCUT2D eigenvalue weighted by atomic mass is 10.2. The van der Waals surface area contributed by atoms with Crippen LogP contribution in [0, 0.1) is 0 Å². The van der Waals surface area contributed by atoms with Crippen LogP contribution in [0.25, 0.3) is 10.7 Å². The number of rotatable bonds is 7. The number of thioether (sulfide) groups is 1. The monoisotopic (exact) mass is 443 g/mol. The summed E-state index contributed by atoms with van der Waals surface area (Å²) >= 11 is 3.11. The number of nitrogens with zero attached hydrogens (tertiary/aromatic N) is 5. The number of carbonyl (C=O) groups excluding carboxylic acids is 1. The average Bonchev–Trinajstić information content (AvgIpc) is 3.47. The molecule has 4 rings (SSSR count). The Bertz CT molecular complexity index is 981. The van der Waals surface area contributed by atoms with Gasteiger partial charge in [0.25, 0.3) is 0 Å². The van der Waals surface area contributed by atoms with Crippen molar-refractivity contribution < 1.29 is 9.53 Å². The quantitative estimate of drug-likeness (QED) is 0.521. The number of carbonyl (C=O) groups is 1. The summed E-state index contributed by atoms with van der Waals surface area (Å²) < 4.78 is 7.39. The molecule has 3 heterocycles. The predicted molar refractivity (Wildman–Crippen MR) is 122 cm³/mol. The van der Waals surface area contributed by atoms with E-state index in [1.54, 1.807) is 18.4 Å². The molecule has 1 fully saturated rings. The highest BCUT2D eigenvalue weighted by Gasteiger charge is 2.23. The maximum Gasteiger partial charge on any atom is 0.233 e. The smallest absolute Gasteiger partial charge is 0.233 e. The summed E-state index contributed by atoms with van der Waals surface area (Å²) in [6.07, 6.45) is 0. The van der Waals surface area contributed by atoms with Crippen LogP contribution in [0.5, 0.6) is 5.75 Å².